The van der Waals surface area contributed by atoms with Crippen molar-refractivity contribution < 1.29 is 9.59 Å². The van der Waals surface area contributed by atoms with Crippen LogP contribution < -0.4 is 5.32 Å². The molecule has 0 atom stereocenters. The number of nitrogens with zero attached hydrogens (tertiary/aromatic N) is 2. The minimum atomic E-state index is -0.0963. The topological polar surface area (TPSA) is 62.3 Å². The Balaban J connectivity index is 1.21. The second-order valence-electron chi connectivity index (χ2n) is 7.54. The maximum atomic E-state index is 12.5. The van der Waals surface area contributed by atoms with E-state index in [4.69, 9.17) is 16.6 Å². The van der Waals surface area contributed by atoms with Crippen LogP contribution in [0.25, 0.3) is 10.2 Å². The Morgan fingerprint density at radius 2 is 1.90 bits per heavy atom. The number of fused-ring (bicyclic) bond motifs is 1. The van der Waals surface area contributed by atoms with Crippen LogP contribution in [0.4, 0.5) is 0 Å². The van der Waals surface area contributed by atoms with Crippen molar-refractivity contribution >= 4 is 45.0 Å². The van der Waals surface area contributed by atoms with Crippen LogP contribution in [0.15, 0.2) is 48.5 Å². The van der Waals surface area contributed by atoms with Crippen LogP contribution in [0, 0.1) is 0 Å². The molecule has 2 amide bonds. The molecule has 1 aliphatic rings. The first-order chi connectivity index (χ1) is 14.6. The Kier molecular flexibility index (Phi) is 6.65. The van der Waals surface area contributed by atoms with E-state index >= 15 is 0 Å². The number of hydrogen-bond donors (Lipinski definition) is 1. The first kappa shape index (κ1) is 20.8. The van der Waals surface area contributed by atoms with Crippen molar-refractivity contribution in [1.29, 1.82) is 0 Å². The molecule has 30 heavy (non-hydrogen) atoms. The predicted molar refractivity (Wildman–Crippen MR) is 121 cm³/mol. The summed E-state index contributed by atoms with van der Waals surface area (Å²) in [4.78, 5) is 31.3. The molecular weight excluding hydrogens is 418 g/mol. The van der Waals surface area contributed by atoms with E-state index in [1.54, 1.807) is 23.5 Å². The molecule has 0 saturated carbocycles. The smallest absolute Gasteiger partial charge is 0.251 e. The van der Waals surface area contributed by atoms with Crippen LogP contribution >= 0.6 is 22.9 Å². The van der Waals surface area contributed by atoms with Crippen LogP contribution in [0.1, 0.15) is 47.0 Å². The summed E-state index contributed by atoms with van der Waals surface area (Å²) in [6.07, 6.45) is 2.98. The Morgan fingerprint density at radius 3 is 2.67 bits per heavy atom. The summed E-state index contributed by atoms with van der Waals surface area (Å²) in [6.45, 7) is 2.03. The molecule has 1 N–H and O–H groups in total. The van der Waals surface area contributed by atoms with E-state index < -0.39 is 0 Å². The summed E-state index contributed by atoms with van der Waals surface area (Å²) in [6, 6.07) is 15.0. The average Bonchev–Trinajstić information content (AvgIpc) is 3.20. The summed E-state index contributed by atoms with van der Waals surface area (Å²) in [5.74, 6) is 0.467. The minimum absolute atomic E-state index is 0.0963. The monoisotopic (exact) mass is 441 g/mol. The fourth-order valence-corrected chi connectivity index (χ4v) is 5.04. The lowest BCUT2D eigenvalue weighted by molar-refractivity contribution is -0.132. The number of nitrogens with one attached hydrogen (secondary N) is 1. The zero-order valence-corrected chi connectivity index (χ0v) is 18.2. The Hall–Kier alpha value is -2.44. The van der Waals surface area contributed by atoms with Crippen LogP contribution in [0.2, 0.25) is 5.02 Å². The maximum Gasteiger partial charge on any atom is 0.251 e. The third kappa shape index (κ3) is 4.99. The number of rotatable bonds is 6. The van der Waals surface area contributed by atoms with Gasteiger partial charge in [0.05, 0.1) is 15.2 Å². The molecule has 0 bridgehead atoms. The zero-order chi connectivity index (χ0) is 20.9. The maximum absolute atomic E-state index is 12.5. The summed E-state index contributed by atoms with van der Waals surface area (Å²) >= 11 is 7.79. The van der Waals surface area contributed by atoms with Gasteiger partial charge in [-0.2, -0.15) is 0 Å². The van der Waals surface area contributed by atoms with Gasteiger partial charge in [0.15, 0.2) is 0 Å². The second-order valence-corrected chi connectivity index (χ2v) is 9.04. The van der Waals surface area contributed by atoms with E-state index in [-0.39, 0.29) is 11.8 Å². The van der Waals surface area contributed by atoms with Gasteiger partial charge in [0.1, 0.15) is 0 Å². The molecule has 0 spiro atoms. The quantitative estimate of drug-likeness (QED) is 0.555. The molecule has 2 aromatic carbocycles. The zero-order valence-electron chi connectivity index (χ0n) is 16.6. The van der Waals surface area contributed by atoms with Gasteiger partial charge in [-0.3, -0.25) is 9.59 Å². The molecule has 1 fully saturated rings. The van der Waals surface area contributed by atoms with Crippen molar-refractivity contribution in [2.24, 2.45) is 0 Å². The molecule has 0 aliphatic carbocycles. The highest BCUT2D eigenvalue weighted by atomic mass is 35.5. The van der Waals surface area contributed by atoms with E-state index in [0.29, 0.717) is 35.9 Å². The molecule has 1 saturated heterocycles. The van der Waals surface area contributed by atoms with Crippen LogP contribution in [0.3, 0.4) is 0 Å². The van der Waals surface area contributed by atoms with Crippen LogP contribution in [-0.4, -0.2) is 41.3 Å². The highest BCUT2D eigenvalue weighted by Crippen LogP contribution is 2.34. The van der Waals surface area contributed by atoms with Crippen molar-refractivity contribution in [2.75, 3.05) is 19.6 Å². The predicted octanol–water partition coefficient (Wildman–Crippen LogP) is 4.87. The van der Waals surface area contributed by atoms with Crippen molar-refractivity contribution in [3.05, 3.63) is 64.1 Å². The van der Waals surface area contributed by atoms with E-state index in [1.165, 1.54) is 0 Å². The fraction of sp³-hybridized carbons (Fsp3) is 0.348. The van der Waals surface area contributed by atoms with Gasteiger partial charge in [0.2, 0.25) is 5.91 Å². The molecule has 0 radical (unpaired) electrons. The van der Waals surface area contributed by atoms with Gasteiger partial charge in [-0.1, -0.05) is 29.8 Å². The number of hydrogen-bond acceptors (Lipinski definition) is 4. The highest BCUT2D eigenvalue weighted by Gasteiger charge is 2.25. The van der Waals surface area contributed by atoms with Gasteiger partial charge in [0.25, 0.3) is 5.91 Å². The van der Waals surface area contributed by atoms with E-state index in [2.05, 4.69) is 5.32 Å². The van der Waals surface area contributed by atoms with Gasteiger partial charge >= 0.3 is 0 Å². The number of carbonyl (C=O) groups excluding carboxylic acids is 2. The molecule has 2 heterocycles. The fourth-order valence-electron chi connectivity index (χ4n) is 3.76. The number of amides is 2. The molecule has 3 aromatic rings. The summed E-state index contributed by atoms with van der Waals surface area (Å²) in [5, 5.41) is 4.73. The Morgan fingerprint density at radius 1 is 1.13 bits per heavy atom. The third-order valence-corrected chi connectivity index (χ3v) is 6.89. The van der Waals surface area contributed by atoms with Crippen molar-refractivity contribution in [3.8, 4) is 0 Å². The molecule has 1 aliphatic heterocycles. The van der Waals surface area contributed by atoms with Gasteiger partial charge in [0, 0.05) is 42.6 Å². The van der Waals surface area contributed by atoms with Crippen molar-refractivity contribution in [1.82, 2.24) is 15.2 Å². The lowest BCUT2D eigenvalue weighted by atomic mass is 9.97. The lowest BCUT2D eigenvalue weighted by Gasteiger charge is -2.31. The van der Waals surface area contributed by atoms with Crippen LogP contribution in [-0.2, 0) is 4.79 Å². The number of likely N-dealkylation sites (tertiary alicyclic amines) is 1. The van der Waals surface area contributed by atoms with Crippen LogP contribution in [0.5, 0.6) is 0 Å². The summed E-state index contributed by atoms with van der Waals surface area (Å²) in [7, 11) is 0. The van der Waals surface area contributed by atoms with Crippen molar-refractivity contribution in [2.45, 2.75) is 31.6 Å². The normalized spacial score (nSPS) is 14.8. The molecule has 0 unspecified atom stereocenters. The van der Waals surface area contributed by atoms with E-state index in [1.807, 2.05) is 41.3 Å². The Labute approximate surface area is 185 Å². The third-order valence-electron chi connectivity index (χ3n) is 5.45. The number of piperidine rings is 1. The summed E-state index contributed by atoms with van der Waals surface area (Å²) < 4.78 is 1.16. The van der Waals surface area contributed by atoms with Gasteiger partial charge < -0.3 is 10.2 Å². The number of benzene rings is 2. The molecule has 1 aromatic heterocycles. The first-order valence-electron chi connectivity index (χ1n) is 10.3. The second kappa shape index (κ2) is 9.58. The first-order valence-corrected chi connectivity index (χ1v) is 11.5. The Bertz CT molecular complexity index is 1030. The molecule has 7 heteroatoms. The molecule has 5 nitrogen and oxygen atoms in total. The van der Waals surface area contributed by atoms with Crippen molar-refractivity contribution in [3.63, 3.8) is 0 Å². The molecule has 4 rings (SSSR count). The molecule has 156 valence electrons. The number of carbonyl (C=O) groups is 2. The minimum Gasteiger partial charge on any atom is -0.352 e. The number of aromatic nitrogens is 1. The standard InChI is InChI=1S/C23H24ClN3O2S/c24-18-8-9-20-19(15-18)26-23(30-20)17-10-13-27(14-11-17)21(28)7-4-12-25-22(29)16-5-2-1-3-6-16/h1-3,5-6,8-9,15,17H,4,7,10-14H2,(H,25,29). The largest absolute Gasteiger partial charge is 0.352 e. The van der Waals surface area contributed by atoms with E-state index in [9.17, 15) is 9.59 Å². The summed E-state index contributed by atoms with van der Waals surface area (Å²) in [5.41, 5.74) is 1.60. The van der Waals surface area contributed by atoms with E-state index in [0.717, 1.165) is 41.2 Å². The lowest BCUT2D eigenvalue weighted by Crippen LogP contribution is -2.38. The van der Waals surface area contributed by atoms with Gasteiger partial charge in [-0.05, 0) is 49.6 Å². The molecular formula is C23H24ClN3O2S. The average molecular weight is 442 g/mol. The number of halogens is 1. The SMILES string of the molecule is O=C(NCCCC(=O)N1CCC(c2nc3cc(Cl)ccc3s2)CC1)c1ccccc1. The van der Waals surface area contributed by atoms with Gasteiger partial charge in [-0.25, -0.2) is 4.98 Å². The van der Waals surface area contributed by atoms with Gasteiger partial charge in [-0.15, -0.1) is 11.3 Å². The highest BCUT2D eigenvalue weighted by molar-refractivity contribution is 7.18. The number of thiazole rings is 1.